The van der Waals surface area contributed by atoms with Gasteiger partial charge < -0.3 is 15.0 Å². The number of ether oxygens (including phenoxy) is 1. The van der Waals surface area contributed by atoms with E-state index in [0.29, 0.717) is 17.3 Å². The van der Waals surface area contributed by atoms with E-state index in [0.717, 1.165) is 21.2 Å². The molecule has 2 aromatic carbocycles. The van der Waals surface area contributed by atoms with Crippen LogP contribution in [0, 0.1) is 0 Å². The quantitative estimate of drug-likeness (QED) is 0.766. The number of anilines is 1. The van der Waals surface area contributed by atoms with E-state index < -0.39 is 0 Å². The van der Waals surface area contributed by atoms with E-state index in [1.165, 1.54) is 0 Å². The number of hydrogen-bond acceptors (Lipinski definition) is 4. The van der Waals surface area contributed by atoms with Gasteiger partial charge in [-0.3, -0.25) is 0 Å². The van der Waals surface area contributed by atoms with Crippen molar-refractivity contribution < 1.29 is 9.26 Å². The fourth-order valence-electron chi connectivity index (χ4n) is 2.24. The molecule has 0 saturated heterocycles. The predicted octanol–water partition coefficient (Wildman–Crippen LogP) is 4.36. The minimum absolute atomic E-state index is 0.356. The van der Waals surface area contributed by atoms with Crippen molar-refractivity contribution in [3.63, 3.8) is 0 Å². The molecule has 3 rings (SSSR count). The largest absolute Gasteiger partial charge is 0.496 e. The van der Waals surface area contributed by atoms with Crippen LogP contribution in [0.25, 0.3) is 22.5 Å². The summed E-state index contributed by atoms with van der Waals surface area (Å²) >= 11 is 3.46. The van der Waals surface area contributed by atoms with Crippen LogP contribution in [0.1, 0.15) is 0 Å². The summed E-state index contributed by atoms with van der Waals surface area (Å²) in [6, 6.07) is 15.4. The molecule has 106 valence electrons. The zero-order valence-corrected chi connectivity index (χ0v) is 12.9. The van der Waals surface area contributed by atoms with Gasteiger partial charge in [-0.05, 0) is 29.8 Å². The molecule has 0 unspecified atom stereocenters. The van der Waals surface area contributed by atoms with E-state index in [-0.39, 0.29) is 0 Å². The molecule has 0 atom stereocenters. The number of para-hydroxylation sites is 1. The number of aromatic nitrogens is 1. The van der Waals surface area contributed by atoms with Crippen LogP contribution in [0.2, 0.25) is 0 Å². The summed E-state index contributed by atoms with van der Waals surface area (Å²) in [6.45, 7) is 0. The second kappa shape index (κ2) is 5.61. The smallest absolute Gasteiger partial charge is 0.180 e. The molecule has 0 bridgehead atoms. The Morgan fingerprint density at radius 2 is 1.95 bits per heavy atom. The van der Waals surface area contributed by atoms with Gasteiger partial charge in [0.1, 0.15) is 5.75 Å². The minimum Gasteiger partial charge on any atom is -0.496 e. The number of hydrogen-bond donors (Lipinski definition) is 1. The van der Waals surface area contributed by atoms with Crippen molar-refractivity contribution in [2.24, 2.45) is 0 Å². The van der Waals surface area contributed by atoms with Crippen molar-refractivity contribution >= 4 is 21.7 Å². The number of methoxy groups -OCH3 is 1. The molecule has 3 aromatic rings. The summed E-state index contributed by atoms with van der Waals surface area (Å²) in [6.07, 6.45) is 0. The highest BCUT2D eigenvalue weighted by Gasteiger charge is 2.20. The van der Waals surface area contributed by atoms with Crippen molar-refractivity contribution in [3.05, 3.63) is 53.0 Å². The van der Waals surface area contributed by atoms with Crippen LogP contribution in [0.3, 0.4) is 0 Å². The number of rotatable bonds is 3. The highest BCUT2D eigenvalue weighted by atomic mass is 79.9. The van der Waals surface area contributed by atoms with E-state index in [1.807, 2.05) is 48.5 Å². The zero-order chi connectivity index (χ0) is 14.8. The average molecular weight is 345 g/mol. The molecule has 2 N–H and O–H groups in total. The Hall–Kier alpha value is -2.27. The average Bonchev–Trinajstić information content (AvgIpc) is 2.88. The maximum absolute atomic E-state index is 5.99. The highest BCUT2D eigenvalue weighted by Crippen LogP contribution is 2.40. The van der Waals surface area contributed by atoms with Gasteiger partial charge in [-0.2, -0.15) is 0 Å². The molecule has 0 radical (unpaired) electrons. The Morgan fingerprint density at radius 3 is 2.71 bits per heavy atom. The molecule has 21 heavy (non-hydrogen) atoms. The lowest BCUT2D eigenvalue weighted by molar-refractivity contribution is 0.407. The van der Waals surface area contributed by atoms with Crippen molar-refractivity contribution in [3.8, 4) is 28.2 Å². The highest BCUT2D eigenvalue weighted by molar-refractivity contribution is 9.10. The third kappa shape index (κ3) is 2.52. The SMILES string of the molecule is COc1ccccc1-c1onc(N)c1-c1cccc(Br)c1. The molecule has 4 nitrogen and oxygen atoms in total. The molecule has 0 amide bonds. The molecule has 0 fully saturated rings. The molecular weight excluding hydrogens is 332 g/mol. The molecule has 0 aliphatic carbocycles. The van der Waals surface area contributed by atoms with E-state index in [4.69, 9.17) is 15.0 Å². The van der Waals surface area contributed by atoms with Crippen LogP contribution in [-0.4, -0.2) is 12.3 Å². The Labute approximate surface area is 130 Å². The summed E-state index contributed by atoms with van der Waals surface area (Å²) in [4.78, 5) is 0. The summed E-state index contributed by atoms with van der Waals surface area (Å²) in [5.41, 5.74) is 8.51. The lowest BCUT2D eigenvalue weighted by Gasteiger charge is -2.07. The molecule has 1 heterocycles. The van der Waals surface area contributed by atoms with Crippen molar-refractivity contribution in [2.75, 3.05) is 12.8 Å². The van der Waals surface area contributed by atoms with Crippen molar-refractivity contribution in [1.29, 1.82) is 0 Å². The topological polar surface area (TPSA) is 61.3 Å². The Morgan fingerprint density at radius 1 is 1.14 bits per heavy atom. The van der Waals surface area contributed by atoms with Gasteiger partial charge >= 0.3 is 0 Å². The fourth-order valence-corrected chi connectivity index (χ4v) is 2.64. The molecule has 0 aliphatic rings. The van der Waals surface area contributed by atoms with Gasteiger partial charge in [0.25, 0.3) is 0 Å². The second-order valence-electron chi connectivity index (χ2n) is 4.48. The Bertz CT molecular complexity index is 783. The van der Waals surface area contributed by atoms with Crippen LogP contribution in [0.15, 0.2) is 57.5 Å². The predicted molar refractivity (Wildman–Crippen MR) is 86.0 cm³/mol. The molecule has 0 saturated carbocycles. The van der Waals surface area contributed by atoms with E-state index >= 15 is 0 Å². The molecular formula is C16H13BrN2O2. The normalized spacial score (nSPS) is 10.6. The van der Waals surface area contributed by atoms with Gasteiger partial charge in [0.2, 0.25) is 0 Å². The number of nitrogens with zero attached hydrogens (tertiary/aromatic N) is 1. The monoisotopic (exact) mass is 344 g/mol. The van der Waals surface area contributed by atoms with Gasteiger partial charge in [0.15, 0.2) is 11.6 Å². The first-order valence-corrected chi connectivity index (χ1v) is 7.14. The third-order valence-electron chi connectivity index (χ3n) is 3.18. The second-order valence-corrected chi connectivity index (χ2v) is 5.40. The third-order valence-corrected chi connectivity index (χ3v) is 3.68. The number of benzene rings is 2. The first kappa shape index (κ1) is 13.7. The maximum atomic E-state index is 5.99. The first-order valence-electron chi connectivity index (χ1n) is 6.35. The summed E-state index contributed by atoms with van der Waals surface area (Å²) < 4.78 is 11.8. The standard InChI is InChI=1S/C16H13BrN2O2/c1-20-13-8-3-2-7-12(13)15-14(16(18)19-21-15)10-5-4-6-11(17)9-10/h2-9H,1H3,(H2,18,19). The summed E-state index contributed by atoms with van der Waals surface area (Å²) in [5.74, 6) is 1.67. The zero-order valence-electron chi connectivity index (χ0n) is 11.3. The molecule has 1 aromatic heterocycles. The van der Waals surface area contributed by atoms with Crippen molar-refractivity contribution in [1.82, 2.24) is 5.16 Å². The van der Waals surface area contributed by atoms with Gasteiger partial charge in [0, 0.05) is 4.47 Å². The Balaban J connectivity index is 2.22. The van der Waals surface area contributed by atoms with E-state index in [9.17, 15) is 0 Å². The first-order chi connectivity index (χ1) is 10.2. The maximum Gasteiger partial charge on any atom is 0.180 e. The fraction of sp³-hybridized carbons (Fsp3) is 0.0625. The van der Waals surface area contributed by atoms with Crippen LogP contribution >= 0.6 is 15.9 Å². The molecule has 5 heteroatoms. The van der Waals surface area contributed by atoms with Crippen LogP contribution < -0.4 is 10.5 Å². The lowest BCUT2D eigenvalue weighted by atomic mass is 10.0. The van der Waals surface area contributed by atoms with E-state index in [2.05, 4.69) is 21.1 Å². The summed E-state index contributed by atoms with van der Waals surface area (Å²) in [7, 11) is 1.62. The number of nitrogens with two attached hydrogens (primary N) is 1. The van der Waals surface area contributed by atoms with Gasteiger partial charge in [0.05, 0.1) is 18.2 Å². The number of halogens is 1. The molecule has 0 aliphatic heterocycles. The van der Waals surface area contributed by atoms with Gasteiger partial charge in [-0.25, -0.2) is 0 Å². The van der Waals surface area contributed by atoms with Gasteiger partial charge in [-0.1, -0.05) is 45.4 Å². The number of nitrogen functional groups attached to an aromatic ring is 1. The molecule has 0 spiro atoms. The van der Waals surface area contributed by atoms with Gasteiger partial charge in [-0.15, -0.1) is 0 Å². The minimum atomic E-state index is 0.356. The van der Waals surface area contributed by atoms with Crippen molar-refractivity contribution in [2.45, 2.75) is 0 Å². The summed E-state index contributed by atoms with van der Waals surface area (Å²) in [5, 5.41) is 3.91. The van der Waals surface area contributed by atoms with Crippen LogP contribution in [-0.2, 0) is 0 Å². The van der Waals surface area contributed by atoms with E-state index in [1.54, 1.807) is 7.11 Å². The van der Waals surface area contributed by atoms with Crippen LogP contribution in [0.5, 0.6) is 5.75 Å². The van der Waals surface area contributed by atoms with Crippen LogP contribution in [0.4, 0.5) is 5.82 Å². The lowest BCUT2D eigenvalue weighted by Crippen LogP contribution is -1.90. The Kier molecular flexibility index (Phi) is 3.66.